The fourth-order valence-corrected chi connectivity index (χ4v) is 6.94. The average Bonchev–Trinajstić information content (AvgIpc) is 3.56. The number of nitrogens with one attached hydrogen (secondary N) is 1. The van der Waals surface area contributed by atoms with Crippen LogP contribution in [0.5, 0.6) is 0 Å². The van der Waals surface area contributed by atoms with Crippen molar-refractivity contribution < 1.29 is 4.74 Å². The van der Waals surface area contributed by atoms with Gasteiger partial charge in [0, 0.05) is 18.7 Å². The fraction of sp³-hybridized carbons (Fsp3) is 0.643. The number of fused-ring (bicyclic) bond motifs is 1. The molecule has 4 heterocycles. The molecule has 192 valence electrons. The number of likely N-dealkylation sites (tertiary alicyclic amines) is 1. The molecule has 1 spiro atoms. The lowest BCUT2D eigenvalue weighted by Crippen LogP contribution is -2.47. The van der Waals surface area contributed by atoms with Crippen molar-refractivity contribution >= 4 is 10.9 Å². The molecule has 0 radical (unpaired) electrons. The number of pyridine rings is 1. The predicted molar refractivity (Wildman–Crippen MR) is 139 cm³/mol. The topological polar surface area (TPSA) is 88.9 Å². The number of rotatable bonds is 5. The highest BCUT2D eigenvalue weighted by Gasteiger charge is 2.41. The molecule has 3 aromatic rings. The SMILES string of the molecule is Cc1ccc2cc([C@H](c3nnnn3C[C@H]3CCCO3)N3CCCC4(CCCCC4)C3)c(=O)[nH]c2c1C. The van der Waals surface area contributed by atoms with Crippen LogP contribution >= 0.6 is 0 Å². The zero-order valence-electron chi connectivity index (χ0n) is 21.6. The fourth-order valence-electron chi connectivity index (χ4n) is 6.94. The van der Waals surface area contributed by atoms with E-state index >= 15 is 0 Å². The summed E-state index contributed by atoms with van der Waals surface area (Å²) in [6.45, 7) is 7.52. The van der Waals surface area contributed by atoms with Gasteiger partial charge in [-0.05, 0) is 97.3 Å². The van der Waals surface area contributed by atoms with Crippen molar-refractivity contribution in [3.8, 4) is 0 Å². The van der Waals surface area contributed by atoms with Crippen LogP contribution in [0.15, 0.2) is 23.0 Å². The van der Waals surface area contributed by atoms with Gasteiger partial charge in [-0.15, -0.1) is 5.10 Å². The van der Waals surface area contributed by atoms with Gasteiger partial charge in [0.2, 0.25) is 0 Å². The van der Waals surface area contributed by atoms with Crippen LogP contribution in [0.4, 0.5) is 0 Å². The number of hydrogen-bond donors (Lipinski definition) is 1. The number of benzene rings is 1. The van der Waals surface area contributed by atoms with E-state index in [1.54, 1.807) is 0 Å². The summed E-state index contributed by atoms with van der Waals surface area (Å²) < 4.78 is 7.81. The number of aromatic nitrogens is 5. The number of piperidine rings is 1. The van der Waals surface area contributed by atoms with Gasteiger partial charge in [0.15, 0.2) is 5.82 Å². The Hall–Kier alpha value is -2.58. The van der Waals surface area contributed by atoms with Crippen LogP contribution in [-0.2, 0) is 11.3 Å². The van der Waals surface area contributed by atoms with Crippen molar-refractivity contribution in [1.29, 1.82) is 0 Å². The average molecular weight is 491 g/mol. The van der Waals surface area contributed by atoms with E-state index in [-0.39, 0.29) is 17.7 Å². The highest BCUT2D eigenvalue weighted by atomic mass is 16.5. The lowest BCUT2D eigenvalue weighted by Gasteiger charge is -2.47. The zero-order chi connectivity index (χ0) is 24.7. The minimum absolute atomic E-state index is 0.0452. The number of nitrogens with zero attached hydrogens (tertiary/aromatic N) is 5. The third-order valence-corrected chi connectivity index (χ3v) is 9.05. The van der Waals surface area contributed by atoms with Crippen molar-refractivity contribution in [1.82, 2.24) is 30.1 Å². The molecule has 2 atom stereocenters. The Balaban J connectivity index is 1.45. The van der Waals surface area contributed by atoms with Crippen LogP contribution in [0.25, 0.3) is 10.9 Å². The van der Waals surface area contributed by atoms with E-state index in [1.807, 2.05) is 4.68 Å². The smallest absolute Gasteiger partial charge is 0.253 e. The molecular formula is C28H38N6O2. The largest absolute Gasteiger partial charge is 0.376 e. The summed E-state index contributed by atoms with van der Waals surface area (Å²) >= 11 is 0. The number of aromatic amines is 1. The van der Waals surface area contributed by atoms with Crippen LogP contribution in [0.3, 0.4) is 0 Å². The molecule has 2 aromatic heterocycles. The first kappa shape index (κ1) is 23.8. The Morgan fingerprint density at radius 3 is 2.78 bits per heavy atom. The molecule has 1 aliphatic carbocycles. The van der Waals surface area contributed by atoms with Gasteiger partial charge in [0.1, 0.15) is 6.04 Å². The molecule has 2 saturated heterocycles. The number of tetrazole rings is 1. The van der Waals surface area contributed by atoms with Gasteiger partial charge < -0.3 is 9.72 Å². The van der Waals surface area contributed by atoms with E-state index in [0.717, 1.165) is 66.8 Å². The van der Waals surface area contributed by atoms with Crippen LogP contribution in [0, 0.1) is 19.3 Å². The summed E-state index contributed by atoms with van der Waals surface area (Å²) in [5.41, 5.74) is 4.26. The van der Waals surface area contributed by atoms with E-state index in [0.29, 0.717) is 12.0 Å². The molecule has 36 heavy (non-hydrogen) atoms. The van der Waals surface area contributed by atoms with Crippen molar-refractivity contribution in [2.45, 2.75) is 90.3 Å². The molecule has 3 aliphatic rings. The second-order valence-electron chi connectivity index (χ2n) is 11.4. The van der Waals surface area contributed by atoms with Crippen LogP contribution in [0.2, 0.25) is 0 Å². The predicted octanol–water partition coefficient (Wildman–Crippen LogP) is 4.45. The van der Waals surface area contributed by atoms with Gasteiger partial charge in [0.05, 0.1) is 18.2 Å². The van der Waals surface area contributed by atoms with Gasteiger partial charge in [0.25, 0.3) is 5.56 Å². The minimum atomic E-state index is -0.282. The molecule has 1 N–H and O–H groups in total. The summed E-state index contributed by atoms with van der Waals surface area (Å²) in [5.74, 6) is 0.757. The Morgan fingerprint density at radius 2 is 1.97 bits per heavy atom. The lowest BCUT2D eigenvalue weighted by molar-refractivity contribution is 0.0326. The highest BCUT2D eigenvalue weighted by Crippen LogP contribution is 2.45. The van der Waals surface area contributed by atoms with E-state index in [1.165, 1.54) is 44.1 Å². The molecule has 3 fully saturated rings. The lowest BCUT2D eigenvalue weighted by atomic mass is 9.69. The van der Waals surface area contributed by atoms with Gasteiger partial charge in [-0.1, -0.05) is 31.4 Å². The van der Waals surface area contributed by atoms with Gasteiger partial charge >= 0.3 is 0 Å². The maximum atomic E-state index is 13.7. The summed E-state index contributed by atoms with van der Waals surface area (Å²) in [6, 6.07) is 6.05. The molecular weight excluding hydrogens is 452 g/mol. The second-order valence-corrected chi connectivity index (χ2v) is 11.4. The number of ether oxygens (including phenoxy) is 1. The molecule has 2 aliphatic heterocycles. The van der Waals surface area contributed by atoms with Crippen LogP contribution in [0.1, 0.15) is 86.3 Å². The highest BCUT2D eigenvalue weighted by molar-refractivity contribution is 5.83. The third-order valence-electron chi connectivity index (χ3n) is 9.05. The zero-order valence-corrected chi connectivity index (χ0v) is 21.6. The van der Waals surface area contributed by atoms with Gasteiger partial charge in [-0.2, -0.15) is 0 Å². The number of hydrogen-bond acceptors (Lipinski definition) is 6. The first-order valence-electron chi connectivity index (χ1n) is 13.8. The normalized spacial score (nSPS) is 23.4. The van der Waals surface area contributed by atoms with Gasteiger partial charge in [-0.3, -0.25) is 9.69 Å². The molecule has 0 bridgehead atoms. The van der Waals surface area contributed by atoms with Crippen molar-refractivity contribution in [3.63, 3.8) is 0 Å². The van der Waals surface area contributed by atoms with E-state index in [9.17, 15) is 4.79 Å². The summed E-state index contributed by atoms with van der Waals surface area (Å²) in [4.78, 5) is 19.4. The maximum absolute atomic E-state index is 13.7. The van der Waals surface area contributed by atoms with Crippen molar-refractivity contribution in [3.05, 3.63) is 51.1 Å². The molecule has 1 aromatic carbocycles. The quantitative estimate of drug-likeness (QED) is 0.569. The minimum Gasteiger partial charge on any atom is -0.376 e. The Labute approximate surface area is 212 Å². The third kappa shape index (κ3) is 4.39. The van der Waals surface area contributed by atoms with Crippen LogP contribution < -0.4 is 5.56 Å². The monoisotopic (exact) mass is 490 g/mol. The van der Waals surface area contributed by atoms with Crippen molar-refractivity contribution in [2.75, 3.05) is 19.7 Å². The summed E-state index contributed by atoms with van der Waals surface area (Å²) in [5, 5.41) is 14.1. The summed E-state index contributed by atoms with van der Waals surface area (Å²) in [7, 11) is 0. The first-order valence-corrected chi connectivity index (χ1v) is 13.8. The Morgan fingerprint density at radius 1 is 1.14 bits per heavy atom. The summed E-state index contributed by atoms with van der Waals surface area (Å²) in [6.07, 6.45) is 11.2. The molecule has 8 heteroatoms. The molecule has 1 saturated carbocycles. The van der Waals surface area contributed by atoms with E-state index < -0.39 is 0 Å². The van der Waals surface area contributed by atoms with E-state index in [4.69, 9.17) is 4.74 Å². The first-order chi connectivity index (χ1) is 17.5. The molecule has 0 unspecified atom stereocenters. The Bertz CT molecular complexity index is 1280. The van der Waals surface area contributed by atoms with Gasteiger partial charge in [-0.25, -0.2) is 4.68 Å². The number of H-pyrrole nitrogens is 1. The Kier molecular flexibility index (Phi) is 6.42. The van der Waals surface area contributed by atoms with E-state index in [2.05, 4.69) is 57.5 Å². The standard InChI is InChI=1S/C28H38N6O2/c1-19-9-10-21-16-23(27(35)29-24(21)20(19)2)25(26-30-31-32-34(26)17-22-8-6-15-36-22)33-14-7-13-28(18-33)11-4-3-5-12-28/h9-10,16,22,25H,3-8,11-15,17-18H2,1-2H3,(H,29,35)/t22-,25-/m1/s1. The molecule has 0 amide bonds. The second kappa shape index (κ2) is 9.71. The number of aryl methyl sites for hydroxylation is 2. The van der Waals surface area contributed by atoms with Crippen LogP contribution in [-0.4, -0.2) is 55.9 Å². The molecule has 6 rings (SSSR count). The maximum Gasteiger partial charge on any atom is 0.253 e. The van der Waals surface area contributed by atoms with Crippen molar-refractivity contribution in [2.24, 2.45) is 5.41 Å². The molecule has 8 nitrogen and oxygen atoms in total.